The van der Waals surface area contributed by atoms with Crippen LogP contribution in [0.15, 0.2) is 34.9 Å². The predicted molar refractivity (Wildman–Crippen MR) is 99.4 cm³/mol. The summed E-state index contributed by atoms with van der Waals surface area (Å²) in [6.07, 6.45) is 3.78. The molecule has 1 aromatic carbocycles. The van der Waals surface area contributed by atoms with Crippen LogP contribution in [0.1, 0.15) is 12.8 Å². The number of aromatic nitrogens is 1. The summed E-state index contributed by atoms with van der Waals surface area (Å²) in [4.78, 5) is 32.5. The van der Waals surface area contributed by atoms with Crippen LogP contribution in [0.4, 0.5) is 5.69 Å². The molecule has 6 nitrogen and oxygen atoms in total. The molecule has 1 aliphatic heterocycles. The lowest BCUT2D eigenvalue weighted by Crippen LogP contribution is -2.53. The van der Waals surface area contributed by atoms with E-state index in [1.165, 1.54) is 0 Å². The number of halogens is 1. The summed E-state index contributed by atoms with van der Waals surface area (Å²) in [5.74, 6) is -0.872. The number of rotatable bonds is 2. The van der Waals surface area contributed by atoms with Gasteiger partial charge >= 0.3 is 11.8 Å². The molecule has 130 valence electrons. The van der Waals surface area contributed by atoms with E-state index in [9.17, 15) is 9.59 Å². The molecular formula is C18H19BrN4O2. The number of benzene rings is 1. The van der Waals surface area contributed by atoms with Gasteiger partial charge in [0.15, 0.2) is 0 Å². The minimum Gasteiger partial charge on any atom is -0.367 e. The van der Waals surface area contributed by atoms with Crippen molar-refractivity contribution in [2.24, 2.45) is 0 Å². The molecule has 2 aromatic rings. The molecule has 4 rings (SSSR count). The Labute approximate surface area is 154 Å². The van der Waals surface area contributed by atoms with Gasteiger partial charge in [-0.25, -0.2) is 0 Å². The van der Waals surface area contributed by atoms with Gasteiger partial charge in [-0.2, -0.15) is 0 Å². The van der Waals surface area contributed by atoms with Crippen molar-refractivity contribution in [2.45, 2.75) is 18.9 Å². The van der Waals surface area contributed by atoms with Crippen molar-refractivity contribution in [3.8, 4) is 0 Å². The van der Waals surface area contributed by atoms with Gasteiger partial charge in [-0.3, -0.25) is 14.6 Å². The summed E-state index contributed by atoms with van der Waals surface area (Å²) >= 11 is 3.55. The van der Waals surface area contributed by atoms with E-state index < -0.39 is 11.8 Å². The molecule has 1 aromatic heterocycles. The molecule has 0 bridgehead atoms. The maximum Gasteiger partial charge on any atom is 0.312 e. The number of hydrogen-bond donors (Lipinski definition) is 1. The van der Waals surface area contributed by atoms with Crippen LogP contribution in [0.2, 0.25) is 0 Å². The fourth-order valence-corrected chi connectivity index (χ4v) is 3.64. The lowest BCUT2D eigenvalue weighted by Gasteiger charge is -2.36. The zero-order valence-corrected chi connectivity index (χ0v) is 15.3. The molecule has 7 heteroatoms. The van der Waals surface area contributed by atoms with Gasteiger partial charge in [0.25, 0.3) is 0 Å². The molecular weight excluding hydrogens is 384 g/mol. The van der Waals surface area contributed by atoms with Crippen LogP contribution in [-0.2, 0) is 9.59 Å². The maximum atomic E-state index is 12.2. The second-order valence-electron chi connectivity index (χ2n) is 6.49. The molecule has 0 atom stereocenters. The molecule has 1 saturated carbocycles. The van der Waals surface area contributed by atoms with Gasteiger partial charge in [0.05, 0.1) is 5.52 Å². The van der Waals surface area contributed by atoms with Gasteiger partial charge in [0.1, 0.15) is 0 Å². The van der Waals surface area contributed by atoms with Crippen LogP contribution < -0.4 is 10.2 Å². The first kappa shape index (κ1) is 16.3. The second-order valence-corrected chi connectivity index (χ2v) is 7.35. The van der Waals surface area contributed by atoms with Gasteiger partial charge in [0.2, 0.25) is 0 Å². The van der Waals surface area contributed by atoms with Crippen molar-refractivity contribution >= 4 is 44.3 Å². The third-order valence-electron chi connectivity index (χ3n) is 4.71. The molecule has 2 aliphatic rings. The highest BCUT2D eigenvalue weighted by molar-refractivity contribution is 9.10. The number of nitrogens with zero attached hydrogens (tertiary/aromatic N) is 3. The van der Waals surface area contributed by atoms with Gasteiger partial charge in [-0.1, -0.05) is 12.1 Å². The SMILES string of the molecule is O=C(NC1CC1)C(=O)N1CCN(c2ccnc3c(Br)cccc23)CC1. The molecule has 0 spiro atoms. The number of piperazine rings is 1. The first-order chi connectivity index (χ1) is 12.1. The van der Waals surface area contributed by atoms with Crippen molar-refractivity contribution in [3.63, 3.8) is 0 Å². The first-order valence-electron chi connectivity index (χ1n) is 8.51. The third kappa shape index (κ3) is 3.33. The second kappa shape index (κ2) is 6.63. The quantitative estimate of drug-likeness (QED) is 0.779. The molecule has 0 unspecified atom stereocenters. The lowest BCUT2D eigenvalue weighted by molar-refractivity contribution is -0.146. The normalized spacial score (nSPS) is 17.6. The topological polar surface area (TPSA) is 65.5 Å². The Balaban J connectivity index is 1.46. The number of carbonyl (C=O) groups excluding carboxylic acids is 2. The fourth-order valence-electron chi connectivity index (χ4n) is 3.17. The van der Waals surface area contributed by atoms with Crippen LogP contribution >= 0.6 is 15.9 Å². The average Bonchev–Trinajstić information content (AvgIpc) is 3.45. The zero-order chi connectivity index (χ0) is 17.4. The maximum absolute atomic E-state index is 12.2. The van der Waals surface area contributed by atoms with Crippen molar-refractivity contribution in [1.82, 2.24) is 15.2 Å². The fraction of sp³-hybridized carbons (Fsp3) is 0.389. The molecule has 25 heavy (non-hydrogen) atoms. The van der Waals surface area contributed by atoms with E-state index in [0.29, 0.717) is 26.2 Å². The standard InChI is InChI=1S/C18H19BrN4O2/c19-14-3-1-2-13-15(6-7-20-16(13)14)22-8-10-23(11-9-22)18(25)17(24)21-12-4-5-12/h1-3,6-7,12H,4-5,8-11H2,(H,21,24). The Bertz CT molecular complexity index is 829. The van der Waals surface area contributed by atoms with Crippen molar-refractivity contribution in [1.29, 1.82) is 0 Å². The lowest BCUT2D eigenvalue weighted by atomic mass is 10.1. The summed E-state index contributed by atoms with van der Waals surface area (Å²) in [6, 6.07) is 8.25. The van der Waals surface area contributed by atoms with Crippen molar-refractivity contribution in [2.75, 3.05) is 31.1 Å². The van der Waals surface area contributed by atoms with Crippen LogP contribution in [0.3, 0.4) is 0 Å². The molecule has 2 fully saturated rings. The molecule has 2 amide bonds. The van der Waals surface area contributed by atoms with E-state index in [1.54, 1.807) is 4.90 Å². The predicted octanol–water partition coefficient (Wildman–Crippen LogP) is 1.92. The summed E-state index contributed by atoms with van der Waals surface area (Å²) in [5, 5.41) is 3.85. The number of carbonyl (C=O) groups is 2. The average molecular weight is 403 g/mol. The highest BCUT2D eigenvalue weighted by Gasteiger charge is 2.30. The summed E-state index contributed by atoms with van der Waals surface area (Å²) in [5.41, 5.74) is 2.04. The Kier molecular flexibility index (Phi) is 4.33. The summed E-state index contributed by atoms with van der Waals surface area (Å²) in [6.45, 7) is 2.51. The zero-order valence-electron chi connectivity index (χ0n) is 13.7. The van der Waals surface area contributed by atoms with Gasteiger partial charge in [0, 0.05) is 54.0 Å². The minimum atomic E-state index is -0.464. The Morgan fingerprint density at radius 3 is 2.60 bits per heavy atom. The highest BCUT2D eigenvalue weighted by atomic mass is 79.9. The number of amides is 2. The van der Waals surface area contributed by atoms with Crippen LogP contribution in [0.25, 0.3) is 10.9 Å². The molecule has 2 heterocycles. The number of anilines is 1. The van der Waals surface area contributed by atoms with Gasteiger partial charge in [-0.05, 0) is 40.9 Å². The smallest absolute Gasteiger partial charge is 0.312 e. The summed E-state index contributed by atoms with van der Waals surface area (Å²) in [7, 11) is 0. The van der Waals surface area contributed by atoms with Crippen LogP contribution in [0, 0.1) is 0 Å². The Morgan fingerprint density at radius 2 is 1.88 bits per heavy atom. The minimum absolute atomic E-state index is 0.208. The molecule has 1 aliphatic carbocycles. The number of fused-ring (bicyclic) bond motifs is 1. The molecule has 1 N–H and O–H groups in total. The van der Waals surface area contributed by atoms with Crippen molar-refractivity contribution in [3.05, 3.63) is 34.9 Å². The van der Waals surface area contributed by atoms with E-state index in [-0.39, 0.29) is 6.04 Å². The van der Waals surface area contributed by atoms with E-state index in [0.717, 1.165) is 33.9 Å². The number of para-hydroxylation sites is 1. The van der Waals surface area contributed by atoms with Crippen molar-refractivity contribution < 1.29 is 9.59 Å². The van der Waals surface area contributed by atoms with E-state index in [2.05, 4.69) is 37.2 Å². The van der Waals surface area contributed by atoms with E-state index >= 15 is 0 Å². The van der Waals surface area contributed by atoms with E-state index in [4.69, 9.17) is 0 Å². The van der Waals surface area contributed by atoms with Gasteiger partial charge in [-0.15, -0.1) is 0 Å². The van der Waals surface area contributed by atoms with E-state index in [1.807, 2.05) is 24.4 Å². The van der Waals surface area contributed by atoms with Gasteiger partial charge < -0.3 is 15.1 Å². The molecule has 1 saturated heterocycles. The first-order valence-corrected chi connectivity index (χ1v) is 9.31. The highest BCUT2D eigenvalue weighted by Crippen LogP contribution is 2.30. The van der Waals surface area contributed by atoms with Crippen LogP contribution in [-0.4, -0.2) is 53.9 Å². The Morgan fingerprint density at radius 1 is 1.12 bits per heavy atom. The summed E-state index contributed by atoms with van der Waals surface area (Å²) < 4.78 is 0.970. The number of pyridine rings is 1. The van der Waals surface area contributed by atoms with Crippen LogP contribution in [0.5, 0.6) is 0 Å². The monoisotopic (exact) mass is 402 g/mol. The number of nitrogens with one attached hydrogen (secondary N) is 1. The Hall–Kier alpha value is -2.15. The number of hydrogen-bond acceptors (Lipinski definition) is 4. The molecule has 0 radical (unpaired) electrons. The largest absolute Gasteiger partial charge is 0.367 e. The third-order valence-corrected chi connectivity index (χ3v) is 5.35.